The maximum atomic E-state index is 14.9. The molecule has 0 unspecified atom stereocenters. The highest BCUT2D eigenvalue weighted by molar-refractivity contribution is 6.05. The number of nitrogens with zero attached hydrogens (tertiary/aromatic N) is 4. The SMILES string of the molecule is CNc1nccc(-c2cccnc2Oc2ccc(F)c(C(=O)Nc3cc(C(F)(F)F)ccc3C(C)(C)CN(C)C)c2)n1. The van der Waals surface area contributed by atoms with E-state index in [0.29, 0.717) is 29.3 Å². The molecule has 8 nitrogen and oxygen atoms in total. The zero-order chi connectivity index (χ0) is 30.7. The Hall–Kier alpha value is -4.58. The van der Waals surface area contributed by atoms with Gasteiger partial charge in [0.2, 0.25) is 11.8 Å². The van der Waals surface area contributed by atoms with Crippen LogP contribution in [0.4, 0.5) is 29.2 Å². The number of nitrogens with one attached hydrogen (secondary N) is 2. The van der Waals surface area contributed by atoms with Gasteiger partial charge in [-0.25, -0.2) is 19.3 Å². The highest BCUT2D eigenvalue weighted by Gasteiger charge is 2.33. The molecule has 2 aromatic carbocycles. The normalized spacial score (nSPS) is 11.9. The standard InChI is InChI=1S/C30H30F4N6O2/c1-29(2,17-40(4)5)22-10-8-18(30(32,33)34)15-25(22)38-26(41)21-16-19(9-11-23(21)31)42-27-20(7-6-13-36-27)24-12-14-37-28(35-3)39-24/h6-16H,17H2,1-5H3,(H,38,41)(H,35,37,39). The molecule has 0 fully saturated rings. The molecule has 12 heteroatoms. The van der Waals surface area contributed by atoms with Crippen LogP contribution in [0.5, 0.6) is 11.6 Å². The first-order valence-electron chi connectivity index (χ1n) is 12.9. The summed E-state index contributed by atoms with van der Waals surface area (Å²) >= 11 is 0. The second-order valence-electron chi connectivity index (χ2n) is 10.4. The van der Waals surface area contributed by atoms with Crippen LogP contribution in [-0.2, 0) is 11.6 Å². The largest absolute Gasteiger partial charge is 0.438 e. The van der Waals surface area contributed by atoms with Crippen molar-refractivity contribution in [2.75, 3.05) is 38.3 Å². The number of hydrogen-bond donors (Lipinski definition) is 2. The minimum absolute atomic E-state index is 0.0662. The summed E-state index contributed by atoms with van der Waals surface area (Å²) in [6.45, 7) is 4.18. The molecule has 0 bridgehead atoms. The number of benzene rings is 2. The molecule has 0 aliphatic rings. The van der Waals surface area contributed by atoms with Gasteiger partial charge in [0.05, 0.1) is 22.4 Å². The Kier molecular flexibility index (Phi) is 8.76. The third kappa shape index (κ3) is 7.00. The number of alkyl halides is 3. The van der Waals surface area contributed by atoms with E-state index in [1.54, 1.807) is 31.4 Å². The summed E-state index contributed by atoms with van der Waals surface area (Å²) in [6.07, 6.45) is -1.57. The van der Waals surface area contributed by atoms with Crippen LogP contribution in [0.25, 0.3) is 11.3 Å². The number of halogens is 4. The molecule has 0 saturated heterocycles. The first-order chi connectivity index (χ1) is 19.8. The molecular weight excluding hydrogens is 552 g/mol. The smallest absolute Gasteiger partial charge is 0.416 e. The number of carbonyl (C=O) groups is 1. The predicted molar refractivity (Wildman–Crippen MR) is 152 cm³/mol. The van der Waals surface area contributed by atoms with Crippen LogP contribution in [-0.4, -0.2) is 53.4 Å². The highest BCUT2D eigenvalue weighted by atomic mass is 19.4. The van der Waals surface area contributed by atoms with Crippen molar-refractivity contribution in [2.24, 2.45) is 0 Å². The minimum Gasteiger partial charge on any atom is -0.438 e. The highest BCUT2D eigenvalue weighted by Crippen LogP contribution is 2.37. The van der Waals surface area contributed by atoms with E-state index in [4.69, 9.17) is 4.74 Å². The Morgan fingerprint density at radius 1 is 1.00 bits per heavy atom. The molecule has 0 spiro atoms. The molecule has 4 aromatic rings. The van der Waals surface area contributed by atoms with Crippen LogP contribution in [0.2, 0.25) is 0 Å². The first kappa shape index (κ1) is 30.4. The number of hydrogen-bond acceptors (Lipinski definition) is 7. The summed E-state index contributed by atoms with van der Waals surface area (Å²) in [7, 11) is 5.35. The second-order valence-corrected chi connectivity index (χ2v) is 10.4. The fourth-order valence-electron chi connectivity index (χ4n) is 4.63. The Balaban J connectivity index is 1.68. The molecule has 0 aliphatic carbocycles. The molecule has 1 amide bonds. The van der Waals surface area contributed by atoms with E-state index in [2.05, 4.69) is 25.6 Å². The van der Waals surface area contributed by atoms with Gasteiger partial charge in [0.25, 0.3) is 5.91 Å². The third-order valence-corrected chi connectivity index (χ3v) is 6.36. The molecule has 0 aliphatic heterocycles. The fourth-order valence-corrected chi connectivity index (χ4v) is 4.63. The van der Waals surface area contributed by atoms with Crippen molar-refractivity contribution in [3.05, 3.63) is 89.5 Å². The van der Waals surface area contributed by atoms with Crippen molar-refractivity contribution in [3.8, 4) is 22.9 Å². The molecule has 2 aromatic heterocycles. The van der Waals surface area contributed by atoms with Gasteiger partial charge in [-0.2, -0.15) is 13.2 Å². The Morgan fingerprint density at radius 3 is 2.45 bits per heavy atom. The quantitative estimate of drug-likeness (QED) is 0.214. The van der Waals surface area contributed by atoms with Crippen molar-refractivity contribution in [2.45, 2.75) is 25.4 Å². The van der Waals surface area contributed by atoms with Gasteiger partial charge in [-0.3, -0.25) is 4.79 Å². The fraction of sp³-hybridized carbons (Fsp3) is 0.267. The Morgan fingerprint density at radius 2 is 1.76 bits per heavy atom. The van der Waals surface area contributed by atoms with Crippen LogP contribution in [0.3, 0.4) is 0 Å². The average molecular weight is 583 g/mol. The minimum atomic E-state index is -4.64. The number of carbonyl (C=O) groups excluding carboxylic acids is 1. The molecule has 2 N–H and O–H groups in total. The molecule has 0 atom stereocenters. The van der Waals surface area contributed by atoms with E-state index in [1.165, 1.54) is 24.4 Å². The van der Waals surface area contributed by atoms with Crippen molar-refractivity contribution < 1.29 is 27.1 Å². The maximum Gasteiger partial charge on any atom is 0.416 e. The molecule has 2 heterocycles. The van der Waals surface area contributed by atoms with E-state index < -0.39 is 34.4 Å². The summed E-state index contributed by atoms with van der Waals surface area (Å²) in [5.74, 6) is -1.21. The molecule has 0 saturated carbocycles. The number of aromatic nitrogens is 3. The predicted octanol–water partition coefficient (Wildman–Crippen LogP) is 6.62. The van der Waals surface area contributed by atoms with Crippen molar-refractivity contribution in [1.29, 1.82) is 0 Å². The zero-order valence-electron chi connectivity index (χ0n) is 23.7. The summed E-state index contributed by atoms with van der Waals surface area (Å²) in [5.41, 5.74) is -0.577. The van der Waals surface area contributed by atoms with E-state index in [0.717, 1.165) is 18.2 Å². The van der Waals surface area contributed by atoms with E-state index in [9.17, 15) is 22.4 Å². The lowest BCUT2D eigenvalue weighted by atomic mass is 9.82. The van der Waals surface area contributed by atoms with Crippen LogP contribution >= 0.6 is 0 Å². The molecule has 42 heavy (non-hydrogen) atoms. The van der Waals surface area contributed by atoms with Crippen LogP contribution in [0.15, 0.2) is 67.0 Å². The van der Waals surface area contributed by atoms with Gasteiger partial charge in [-0.1, -0.05) is 19.9 Å². The van der Waals surface area contributed by atoms with Gasteiger partial charge in [-0.05, 0) is 68.2 Å². The molecular formula is C30H30F4N6O2. The number of anilines is 2. The van der Waals surface area contributed by atoms with Gasteiger partial charge in [-0.15, -0.1) is 0 Å². The van der Waals surface area contributed by atoms with Crippen LogP contribution < -0.4 is 15.4 Å². The molecule has 220 valence electrons. The van der Waals surface area contributed by atoms with E-state index in [1.807, 2.05) is 32.8 Å². The first-order valence-corrected chi connectivity index (χ1v) is 12.9. The van der Waals surface area contributed by atoms with Gasteiger partial charge >= 0.3 is 6.18 Å². The molecule has 0 radical (unpaired) electrons. The van der Waals surface area contributed by atoms with Crippen LogP contribution in [0.1, 0.15) is 35.3 Å². The third-order valence-electron chi connectivity index (χ3n) is 6.36. The number of rotatable bonds is 9. The number of likely N-dealkylation sites (N-methyl/N-ethyl adjacent to an activating group) is 1. The Labute approximate surface area is 240 Å². The average Bonchev–Trinajstić information content (AvgIpc) is 2.93. The number of amides is 1. The lowest BCUT2D eigenvalue weighted by Crippen LogP contribution is -2.33. The summed E-state index contributed by atoms with van der Waals surface area (Å²) in [6, 6.07) is 11.8. The monoisotopic (exact) mass is 582 g/mol. The van der Waals surface area contributed by atoms with Gasteiger partial charge in [0, 0.05) is 37.1 Å². The van der Waals surface area contributed by atoms with Gasteiger partial charge in [0.1, 0.15) is 11.6 Å². The second kappa shape index (κ2) is 12.1. The van der Waals surface area contributed by atoms with Crippen molar-refractivity contribution in [1.82, 2.24) is 19.9 Å². The van der Waals surface area contributed by atoms with Gasteiger partial charge < -0.3 is 20.3 Å². The zero-order valence-corrected chi connectivity index (χ0v) is 23.7. The summed E-state index contributed by atoms with van der Waals surface area (Å²) in [4.78, 5) is 27.9. The topological polar surface area (TPSA) is 92.3 Å². The van der Waals surface area contributed by atoms with Gasteiger partial charge in [0.15, 0.2) is 0 Å². The maximum absolute atomic E-state index is 14.9. The lowest BCUT2D eigenvalue weighted by Gasteiger charge is -2.31. The van der Waals surface area contributed by atoms with E-state index in [-0.39, 0.29) is 17.3 Å². The van der Waals surface area contributed by atoms with Crippen molar-refractivity contribution >= 4 is 17.5 Å². The van der Waals surface area contributed by atoms with Crippen molar-refractivity contribution in [3.63, 3.8) is 0 Å². The summed E-state index contributed by atoms with van der Waals surface area (Å²) < 4.78 is 61.6. The Bertz CT molecular complexity index is 1590. The number of pyridine rings is 1. The lowest BCUT2D eigenvalue weighted by molar-refractivity contribution is -0.137. The number of ether oxygens (including phenoxy) is 1. The summed E-state index contributed by atoms with van der Waals surface area (Å²) in [5, 5.41) is 5.36. The van der Waals surface area contributed by atoms with Crippen LogP contribution in [0, 0.1) is 5.82 Å². The molecule has 4 rings (SSSR count). The van der Waals surface area contributed by atoms with E-state index >= 15 is 0 Å².